The quantitative estimate of drug-likeness (QED) is 0.824. The highest BCUT2D eigenvalue weighted by atomic mass is 35.5. The van der Waals surface area contributed by atoms with Gasteiger partial charge in [0, 0.05) is 23.7 Å². The molecule has 0 aliphatic rings. The summed E-state index contributed by atoms with van der Waals surface area (Å²) < 4.78 is 30.0. The molecule has 124 valence electrons. The maximum Gasteiger partial charge on any atom is 0.251 e. The van der Waals surface area contributed by atoms with E-state index in [-0.39, 0.29) is 25.5 Å². The minimum Gasteiger partial charge on any atom is -0.468 e. The smallest absolute Gasteiger partial charge is 0.251 e. The van der Waals surface area contributed by atoms with Crippen molar-refractivity contribution >= 4 is 27.5 Å². The van der Waals surface area contributed by atoms with Crippen molar-refractivity contribution in [1.82, 2.24) is 9.62 Å². The molecular weight excluding hydrogens is 340 g/mol. The van der Waals surface area contributed by atoms with Gasteiger partial charge in [-0.05, 0) is 30.3 Å². The molecule has 0 atom stereocenters. The highest BCUT2D eigenvalue weighted by molar-refractivity contribution is 7.88. The maximum atomic E-state index is 12.0. The van der Waals surface area contributed by atoms with E-state index in [9.17, 15) is 13.2 Å². The number of nitrogens with one attached hydrogen (secondary N) is 1. The van der Waals surface area contributed by atoms with Crippen molar-refractivity contribution < 1.29 is 17.6 Å². The van der Waals surface area contributed by atoms with Gasteiger partial charge in [0.1, 0.15) is 5.76 Å². The first-order valence-corrected chi connectivity index (χ1v) is 9.10. The first kappa shape index (κ1) is 17.5. The summed E-state index contributed by atoms with van der Waals surface area (Å²) in [7, 11) is -3.41. The number of carbonyl (C=O) groups is 1. The van der Waals surface area contributed by atoms with Gasteiger partial charge in [-0.25, -0.2) is 8.42 Å². The summed E-state index contributed by atoms with van der Waals surface area (Å²) in [6.45, 7) is 0.448. The predicted molar refractivity (Wildman–Crippen MR) is 87.7 cm³/mol. The number of sulfonamides is 1. The van der Waals surface area contributed by atoms with Crippen molar-refractivity contribution in [2.24, 2.45) is 0 Å². The van der Waals surface area contributed by atoms with Crippen molar-refractivity contribution in [3.63, 3.8) is 0 Å². The molecule has 0 saturated heterocycles. The second kappa shape index (κ2) is 7.63. The molecule has 1 N–H and O–H groups in total. The van der Waals surface area contributed by atoms with Gasteiger partial charge in [-0.2, -0.15) is 4.31 Å². The van der Waals surface area contributed by atoms with Gasteiger partial charge in [0.25, 0.3) is 5.91 Å². The summed E-state index contributed by atoms with van der Waals surface area (Å²) in [5, 5.41) is 3.14. The third-order valence-corrected chi connectivity index (χ3v) is 4.60. The first-order chi connectivity index (χ1) is 10.9. The van der Waals surface area contributed by atoms with Gasteiger partial charge in [0.2, 0.25) is 10.0 Å². The standard InChI is InChI=1S/C15H17ClN2O4S/c1-23(20,21)18(11-14-6-3-9-22-14)8-7-17-15(19)12-4-2-5-13(16)10-12/h2-6,9-10H,7-8,11H2,1H3,(H,17,19). The van der Waals surface area contributed by atoms with Crippen LogP contribution in [0.5, 0.6) is 0 Å². The summed E-state index contributed by atoms with van der Waals surface area (Å²) in [6.07, 6.45) is 2.60. The van der Waals surface area contributed by atoms with E-state index in [2.05, 4.69) is 5.32 Å². The van der Waals surface area contributed by atoms with Crippen LogP contribution in [0.3, 0.4) is 0 Å². The van der Waals surface area contributed by atoms with Crippen molar-refractivity contribution in [2.45, 2.75) is 6.54 Å². The molecule has 1 aromatic carbocycles. The molecule has 23 heavy (non-hydrogen) atoms. The fraction of sp³-hybridized carbons (Fsp3) is 0.267. The minimum absolute atomic E-state index is 0.124. The van der Waals surface area contributed by atoms with Gasteiger partial charge in [0.05, 0.1) is 19.1 Å². The number of hydrogen-bond donors (Lipinski definition) is 1. The second-order valence-corrected chi connectivity index (χ2v) is 7.36. The lowest BCUT2D eigenvalue weighted by Crippen LogP contribution is -2.37. The van der Waals surface area contributed by atoms with Crippen LogP contribution >= 0.6 is 11.6 Å². The van der Waals surface area contributed by atoms with E-state index in [1.165, 1.54) is 10.6 Å². The third kappa shape index (κ3) is 5.38. The molecule has 0 bridgehead atoms. The SMILES string of the molecule is CS(=O)(=O)N(CCNC(=O)c1cccc(Cl)c1)Cc1ccco1. The molecule has 0 spiro atoms. The normalized spacial score (nSPS) is 11.6. The Bertz CT molecular complexity index is 760. The van der Waals surface area contributed by atoms with Crippen molar-refractivity contribution in [3.05, 3.63) is 59.0 Å². The lowest BCUT2D eigenvalue weighted by Gasteiger charge is -2.19. The monoisotopic (exact) mass is 356 g/mol. The van der Waals surface area contributed by atoms with Crippen LogP contribution in [0.15, 0.2) is 47.1 Å². The first-order valence-electron chi connectivity index (χ1n) is 6.87. The van der Waals surface area contributed by atoms with Crippen LogP contribution in [0.25, 0.3) is 0 Å². The number of furan rings is 1. The number of nitrogens with zero attached hydrogens (tertiary/aromatic N) is 1. The highest BCUT2D eigenvalue weighted by Gasteiger charge is 2.18. The molecule has 0 aliphatic heterocycles. The summed E-state index contributed by atoms with van der Waals surface area (Å²) >= 11 is 5.83. The van der Waals surface area contributed by atoms with Gasteiger partial charge in [-0.1, -0.05) is 17.7 Å². The van der Waals surface area contributed by atoms with E-state index >= 15 is 0 Å². The molecule has 2 rings (SSSR count). The lowest BCUT2D eigenvalue weighted by atomic mass is 10.2. The van der Waals surface area contributed by atoms with E-state index in [1.54, 1.807) is 36.4 Å². The third-order valence-electron chi connectivity index (χ3n) is 3.11. The zero-order chi connectivity index (χ0) is 16.9. The average molecular weight is 357 g/mol. The Morgan fingerprint density at radius 1 is 1.30 bits per heavy atom. The van der Waals surface area contributed by atoms with Crippen LogP contribution < -0.4 is 5.32 Å². The van der Waals surface area contributed by atoms with Gasteiger partial charge in [-0.15, -0.1) is 0 Å². The van der Waals surface area contributed by atoms with Crippen LogP contribution in [0.4, 0.5) is 0 Å². The molecule has 0 saturated carbocycles. The second-order valence-electron chi connectivity index (χ2n) is 4.94. The lowest BCUT2D eigenvalue weighted by molar-refractivity contribution is 0.0951. The number of amides is 1. The molecule has 0 fully saturated rings. The molecule has 1 amide bonds. The van der Waals surface area contributed by atoms with Crippen LogP contribution in [0, 0.1) is 0 Å². The molecule has 0 radical (unpaired) electrons. The Kier molecular flexibility index (Phi) is 5.81. The Labute approximate surface area is 140 Å². The van der Waals surface area contributed by atoms with Gasteiger partial charge >= 0.3 is 0 Å². The Morgan fingerprint density at radius 3 is 2.70 bits per heavy atom. The number of benzene rings is 1. The fourth-order valence-electron chi connectivity index (χ4n) is 1.96. The molecule has 0 aliphatic carbocycles. The molecule has 2 aromatic rings. The Hall–Kier alpha value is -1.83. The fourth-order valence-corrected chi connectivity index (χ4v) is 2.94. The Balaban J connectivity index is 1.92. The largest absolute Gasteiger partial charge is 0.468 e. The molecule has 1 aromatic heterocycles. The van der Waals surface area contributed by atoms with Crippen molar-refractivity contribution in [2.75, 3.05) is 19.3 Å². The summed E-state index contributed by atoms with van der Waals surface area (Å²) in [5.74, 6) is 0.232. The van der Waals surface area contributed by atoms with Crippen LogP contribution in [-0.4, -0.2) is 38.0 Å². The van der Waals surface area contributed by atoms with E-state index in [0.717, 1.165) is 6.26 Å². The molecule has 0 unspecified atom stereocenters. The number of carbonyl (C=O) groups excluding carboxylic acids is 1. The number of halogens is 1. The van der Waals surface area contributed by atoms with E-state index in [1.807, 2.05) is 0 Å². The van der Waals surface area contributed by atoms with Crippen LogP contribution in [-0.2, 0) is 16.6 Å². The molecule has 8 heteroatoms. The Morgan fingerprint density at radius 2 is 2.09 bits per heavy atom. The van der Waals surface area contributed by atoms with E-state index in [4.69, 9.17) is 16.0 Å². The van der Waals surface area contributed by atoms with Crippen molar-refractivity contribution in [1.29, 1.82) is 0 Å². The molecule has 1 heterocycles. The average Bonchev–Trinajstić information content (AvgIpc) is 2.98. The van der Waals surface area contributed by atoms with E-state index in [0.29, 0.717) is 16.3 Å². The maximum absolute atomic E-state index is 12.0. The summed E-state index contributed by atoms with van der Waals surface area (Å²) in [5.41, 5.74) is 0.425. The topological polar surface area (TPSA) is 79.6 Å². The molecular formula is C15H17ClN2O4S. The number of rotatable bonds is 7. The predicted octanol–water partition coefficient (Wildman–Crippen LogP) is 2.12. The van der Waals surface area contributed by atoms with Gasteiger partial charge in [-0.3, -0.25) is 4.79 Å². The molecule has 6 nitrogen and oxygen atoms in total. The van der Waals surface area contributed by atoms with Crippen LogP contribution in [0.1, 0.15) is 16.1 Å². The van der Waals surface area contributed by atoms with Gasteiger partial charge in [0.15, 0.2) is 0 Å². The zero-order valence-corrected chi connectivity index (χ0v) is 14.1. The zero-order valence-electron chi connectivity index (χ0n) is 12.5. The van der Waals surface area contributed by atoms with E-state index < -0.39 is 10.0 Å². The van der Waals surface area contributed by atoms with Crippen LogP contribution in [0.2, 0.25) is 5.02 Å². The minimum atomic E-state index is -3.41. The highest BCUT2D eigenvalue weighted by Crippen LogP contribution is 2.11. The number of hydrogen-bond acceptors (Lipinski definition) is 4. The van der Waals surface area contributed by atoms with Crippen molar-refractivity contribution in [3.8, 4) is 0 Å². The summed E-state index contributed by atoms with van der Waals surface area (Å²) in [4.78, 5) is 12.0. The summed E-state index contributed by atoms with van der Waals surface area (Å²) in [6, 6.07) is 9.93. The van der Waals surface area contributed by atoms with Gasteiger partial charge < -0.3 is 9.73 Å².